The molecule has 1 aromatic rings. The molecule has 2 atom stereocenters. The van der Waals surface area contributed by atoms with Crippen molar-refractivity contribution >= 4 is 17.6 Å². The molecule has 0 radical (unpaired) electrons. The summed E-state index contributed by atoms with van der Waals surface area (Å²) in [5.74, 6) is 0.0950. The lowest BCUT2D eigenvalue weighted by Crippen LogP contribution is -2.15. The zero-order chi connectivity index (χ0) is 12.3. The van der Waals surface area contributed by atoms with Gasteiger partial charge in [0.2, 0.25) is 0 Å². The van der Waals surface area contributed by atoms with Crippen LogP contribution in [-0.4, -0.2) is 22.3 Å². The number of nitrogens with two attached hydrogens (primary N) is 1. The molecular weight excluding hydrogens is 220 g/mol. The molecule has 1 aromatic carbocycles. The molecule has 0 aliphatic carbocycles. The third-order valence-electron chi connectivity index (χ3n) is 2.49. The van der Waals surface area contributed by atoms with Gasteiger partial charge in [0, 0.05) is 15.7 Å². The Balaban J connectivity index is 2.85. The van der Waals surface area contributed by atoms with Gasteiger partial charge in [0.1, 0.15) is 5.84 Å². The summed E-state index contributed by atoms with van der Waals surface area (Å²) in [6.45, 7) is 5.71. The van der Waals surface area contributed by atoms with Crippen LogP contribution < -0.4 is 5.73 Å². The highest BCUT2D eigenvalue weighted by atomic mass is 32.2. The Hall–Kier alpha value is -1.00. The highest BCUT2D eigenvalue weighted by Crippen LogP contribution is 2.26. The van der Waals surface area contributed by atoms with E-state index in [2.05, 4.69) is 0 Å². The van der Waals surface area contributed by atoms with Crippen LogP contribution in [-0.2, 0) is 0 Å². The van der Waals surface area contributed by atoms with Crippen molar-refractivity contribution in [1.82, 2.24) is 0 Å². The number of rotatable bonds is 4. The van der Waals surface area contributed by atoms with E-state index in [1.165, 1.54) is 0 Å². The van der Waals surface area contributed by atoms with Crippen molar-refractivity contribution in [3.05, 3.63) is 29.3 Å². The minimum atomic E-state index is -0.335. The lowest BCUT2D eigenvalue weighted by molar-refractivity contribution is 0.196. The lowest BCUT2D eigenvalue weighted by atomic mass is 10.1. The number of aliphatic hydroxyl groups is 1. The van der Waals surface area contributed by atoms with Crippen molar-refractivity contribution in [2.75, 3.05) is 0 Å². The molecule has 0 bridgehead atoms. The van der Waals surface area contributed by atoms with Crippen LogP contribution >= 0.6 is 11.8 Å². The number of nitrogens with one attached hydrogen (secondary N) is 1. The van der Waals surface area contributed by atoms with Crippen molar-refractivity contribution in [3.63, 3.8) is 0 Å². The van der Waals surface area contributed by atoms with Gasteiger partial charge in [-0.25, -0.2) is 0 Å². The lowest BCUT2D eigenvalue weighted by Gasteiger charge is -2.15. The third kappa shape index (κ3) is 3.25. The fourth-order valence-corrected chi connectivity index (χ4v) is 2.34. The Kier molecular flexibility index (Phi) is 4.38. The van der Waals surface area contributed by atoms with Crippen molar-refractivity contribution in [3.8, 4) is 0 Å². The standard InChI is InChI=1S/C12H18N2OS/c1-7-6-10(16-9(3)8(2)15)4-5-11(7)12(13)14/h4-6,8-9,15H,1-3H3,(H3,13,14). The van der Waals surface area contributed by atoms with Crippen molar-refractivity contribution in [2.24, 2.45) is 5.73 Å². The maximum Gasteiger partial charge on any atom is 0.123 e. The maximum atomic E-state index is 9.42. The second kappa shape index (κ2) is 5.37. The Morgan fingerprint density at radius 3 is 2.50 bits per heavy atom. The molecule has 1 rings (SSSR count). The average Bonchev–Trinajstić information content (AvgIpc) is 2.16. The summed E-state index contributed by atoms with van der Waals surface area (Å²) >= 11 is 1.62. The Morgan fingerprint density at radius 2 is 2.06 bits per heavy atom. The number of thioether (sulfide) groups is 1. The maximum absolute atomic E-state index is 9.42. The van der Waals surface area contributed by atoms with Crippen molar-refractivity contribution in [1.29, 1.82) is 5.41 Å². The minimum absolute atomic E-state index is 0.0950. The predicted octanol–water partition coefficient (Wildman–Crippen LogP) is 2.14. The van der Waals surface area contributed by atoms with Gasteiger partial charge in [0.05, 0.1) is 6.10 Å². The highest BCUT2D eigenvalue weighted by molar-refractivity contribution is 8.00. The zero-order valence-electron chi connectivity index (χ0n) is 9.82. The first-order valence-corrected chi connectivity index (χ1v) is 6.09. The van der Waals surface area contributed by atoms with Crippen LogP contribution in [0.25, 0.3) is 0 Å². The van der Waals surface area contributed by atoms with Crippen LogP contribution in [0.3, 0.4) is 0 Å². The normalized spacial score (nSPS) is 14.5. The topological polar surface area (TPSA) is 70.1 Å². The van der Waals surface area contributed by atoms with Gasteiger partial charge in [-0.2, -0.15) is 0 Å². The molecular formula is C12H18N2OS. The van der Waals surface area contributed by atoms with Crippen LogP contribution in [0, 0.1) is 12.3 Å². The van der Waals surface area contributed by atoms with E-state index in [1.54, 1.807) is 18.7 Å². The van der Waals surface area contributed by atoms with Crippen LogP contribution in [0.1, 0.15) is 25.0 Å². The van der Waals surface area contributed by atoms with E-state index < -0.39 is 0 Å². The molecule has 0 saturated heterocycles. The molecule has 0 fully saturated rings. The Bertz CT molecular complexity index is 391. The molecule has 0 aromatic heterocycles. The molecule has 0 aliphatic heterocycles. The molecule has 2 unspecified atom stereocenters. The van der Waals surface area contributed by atoms with E-state index in [1.807, 2.05) is 32.0 Å². The van der Waals surface area contributed by atoms with Gasteiger partial charge in [-0.15, -0.1) is 11.8 Å². The molecule has 0 heterocycles. The highest BCUT2D eigenvalue weighted by Gasteiger charge is 2.11. The summed E-state index contributed by atoms with van der Waals surface area (Å²) in [7, 11) is 0. The van der Waals surface area contributed by atoms with Gasteiger partial charge >= 0.3 is 0 Å². The first-order valence-electron chi connectivity index (χ1n) is 5.21. The number of hydrogen-bond acceptors (Lipinski definition) is 3. The van der Waals surface area contributed by atoms with Gasteiger partial charge in [0.15, 0.2) is 0 Å². The second-order valence-corrected chi connectivity index (χ2v) is 5.40. The summed E-state index contributed by atoms with van der Waals surface area (Å²) in [5, 5.41) is 17.0. The largest absolute Gasteiger partial charge is 0.392 e. The van der Waals surface area contributed by atoms with Crippen LogP contribution in [0.2, 0.25) is 0 Å². The summed E-state index contributed by atoms with van der Waals surface area (Å²) in [4.78, 5) is 1.09. The van der Waals surface area contributed by atoms with Gasteiger partial charge in [-0.05, 0) is 37.6 Å². The average molecular weight is 238 g/mol. The summed E-state index contributed by atoms with van der Waals surface area (Å²) in [6, 6.07) is 5.79. The number of benzene rings is 1. The fraction of sp³-hybridized carbons (Fsp3) is 0.417. The van der Waals surface area contributed by atoms with E-state index in [0.717, 1.165) is 16.0 Å². The van der Waals surface area contributed by atoms with E-state index in [4.69, 9.17) is 11.1 Å². The van der Waals surface area contributed by atoms with Crippen LogP contribution in [0.5, 0.6) is 0 Å². The fourth-order valence-electron chi connectivity index (χ4n) is 1.32. The van der Waals surface area contributed by atoms with Gasteiger partial charge in [-0.3, -0.25) is 5.41 Å². The molecule has 16 heavy (non-hydrogen) atoms. The van der Waals surface area contributed by atoms with Gasteiger partial charge in [0.25, 0.3) is 0 Å². The zero-order valence-corrected chi connectivity index (χ0v) is 10.6. The molecule has 4 heteroatoms. The van der Waals surface area contributed by atoms with E-state index in [0.29, 0.717) is 0 Å². The first kappa shape index (κ1) is 13.1. The monoisotopic (exact) mass is 238 g/mol. The molecule has 3 nitrogen and oxygen atoms in total. The SMILES string of the molecule is Cc1cc(SC(C)C(C)O)ccc1C(=N)N. The first-order chi connectivity index (χ1) is 7.41. The van der Waals surface area contributed by atoms with Crippen LogP contribution in [0.15, 0.2) is 23.1 Å². The number of aryl methyl sites for hydroxylation is 1. The number of amidine groups is 1. The van der Waals surface area contributed by atoms with E-state index >= 15 is 0 Å². The quantitative estimate of drug-likeness (QED) is 0.427. The second-order valence-electron chi connectivity index (χ2n) is 3.95. The minimum Gasteiger partial charge on any atom is -0.392 e. The Morgan fingerprint density at radius 1 is 1.44 bits per heavy atom. The van der Waals surface area contributed by atoms with Crippen molar-refractivity contribution < 1.29 is 5.11 Å². The third-order valence-corrected chi connectivity index (χ3v) is 3.78. The molecule has 0 aliphatic rings. The molecule has 88 valence electrons. The molecule has 0 amide bonds. The molecule has 0 spiro atoms. The van der Waals surface area contributed by atoms with Crippen LogP contribution in [0.4, 0.5) is 0 Å². The summed E-state index contributed by atoms with van der Waals surface area (Å²) in [6.07, 6.45) is -0.335. The summed E-state index contributed by atoms with van der Waals surface area (Å²) in [5.41, 5.74) is 7.22. The Labute approximate surface area is 101 Å². The van der Waals surface area contributed by atoms with Gasteiger partial charge in [-0.1, -0.05) is 6.92 Å². The van der Waals surface area contributed by atoms with E-state index in [9.17, 15) is 5.11 Å². The number of hydrogen-bond donors (Lipinski definition) is 3. The van der Waals surface area contributed by atoms with Crippen molar-refractivity contribution in [2.45, 2.75) is 37.0 Å². The molecule has 0 saturated carbocycles. The molecule has 4 N–H and O–H groups in total. The van der Waals surface area contributed by atoms with E-state index in [-0.39, 0.29) is 17.2 Å². The number of aliphatic hydroxyl groups excluding tert-OH is 1. The summed E-state index contributed by atoms with van der Waals surface area (Å²) < 4.78 is 0. The van der Waals surface area contributed by atoms with Gasteiger partial charge < -0.3 is 10.8 Å². The smallest absolute Gasteiger partial charge is 0.123 e. The number of nitrogen functional groups attached to an aromatic ring is 1. The predicted molar refractivity (Wildman–Crippen MR) is 69.2 cm³/mol.